The molecule has 168 valence electrons. The molecule has 1 aromatic carbocycles. The quantitative estimate of drug-likeness (QED) is 0.493. The number of carbonyl (C=O) groups is 1. The normalized spacial score (nSPS) is 15.6. The summed E-state index contributed by atoms with van der Waals surface area (Å²) in [6.45, 7) is 3.48. The molecule has 4 heterocycles. The monoisotopic (exact) mass is 452 g/mol. The molecule has 4 aromatic rings. The van der Waals surface area contributed by atoms with Gasteiger partial charge in [-0.15, -0.1) is 0 Å². The van der Waals surface area contributed by atoms with Crippen molar-refractivity contribution in [2.45, 2.75) is 25.6 Å². The van der Waals surface area contributed by atoms with Crippen LogP contribution >= 0.6 is 0 Å². The molecule has 1 amide bonds. The third-order valence-electron chi connectivity index (χ3n) is 5.73. The summed E-state index contributed by atoms with van der Waals surface area (Å²) < 4.78 is 40.8. The zero-order valence-corrected chi connectivity index (χ0v) is 17.5. The van der Waals surface area contributed by atoms with Crippen LogP contribution in [0, 0.1) is 0 Å². The maximum atomic E-state index is 12.9. The van der Waals surface area contributed by atoms with Crippen LogP contribution in [0.3, 0.4) is 0 Å². The first kappa shape index (κ1) is 20.9. The summed E-state index contributed by atoms with van der Waals surface area (Å²) in [5, 5.41) is 2.52. The summed E-state index contributed by atoms with van der Waals surface area (Å²) in [7, 11) is 0. The Balaban J connectivity index is 1.40. The number of hydrogen-bond acceptors (Lipinski definition) is 5. The Morgan fingerprint density at radius 2 is 2.00 bits per heavy atom. The molecule has 0 radical (unpaired) electrons. The van der Waals surface area contributed by atoms with Crippen molar-refractivity contribution in [2.75, 3.05) is 16.8 Å². The second-order valence-electron chi connectivity index (χ2n) is 8.02. The van der Waals surface area contributed by atoms with Crippen LogP contribution in [0.15, 0.2) is 61.4 Å². The summed E-state index contributed by atoms with van der Waals surface area (Å²) in [6.07, 6.45) is 4.42. The van der Waals surface area contributed by atoms with E-state index in [-0.39, 0.29) is 11.6 Å². The summed E-state index contributed by atoms with van der Waals surface area (Å²) in [6, 6.07) is 6.24. The van der Waals surface area contributed by atoms with Crippen molar-refractivity contribution < 1.29 is 18.0 Å². The van der Waals surface area contributed by atoms with Gasteiger partial charge in [-0.25, -0.2) is 4.98 Å². The number of aromatic nitrogens is 4. The fourth-order valence-corrected chi connectivity index (χ4v) is 4.13. The first-order chi connectivity index (χ1) is 15.8. The molecule has 1 aliphatic rings. The minimum absolute atomic E-state index is 0.0140. The van der Waals surface area contributed by atoms with E-state index in [0.717, 1.165) is 41.4 Å². The molecule has 1 atom stereocenters. The van der Waals surface area contributed by atoms with E-state index in [4.69, 9.17) is 0 Å². The number of rotatable bonds is 4. The third-order valence-corrected chi connectivity index (χ3v) is 5.73. The average molecular weight is 452 g/mol. The van der Waals surface area contributed by atoms with Crippen molar-refractivity contribution in [3.63, 3.8) is 0 Å². The predicted octanol–water partition coefficient (Wildman–Crippen LogP) is 4.52. The van der Waals surface area contributed by atoms with Gasteiger partial charge < -0.3 is 10.2 Å². The Bertz CT molecular complexity index is 1350. The van der Waals surface area contributed by atoms with Crippen LogP contribution in [0.1, 0.15) is 40.0 Å². The zero-order chi connectivity index (χ0) is 23.2. The molecule has 7 nitrogen and oxygen atoms in total. The number of benzene rings is 1. The zero-order valence-electron chi connectivity index (χ0n) is 17.5. The molecule has 0 saturated carbocycles. The van der Waals surface area contributed by atoms with E-state index in [2.05, 4.69) is 32.1 Å². The van der Waals surface area contributed by atoms with Crippen LogP contribution in [-0.4, -0.2) is 31.8 Å². The number of halogens is 3. The number of amides is 1. The van der Waals surface area contributed by atoms with Crippen molar-refractivity contribution >= 4 is 22.9 Å². The minimum atomic E-state index is -4.54. The number of nitrogens with one attached hydrogen (secondary N) is 1. The van der Waals surface area contributed by atoms with E-state index in [9.17, 15) is 18.0 Å². The molecule has 1 unspecified atom stereocenters. The largest absolute Gasteiger partial charge is 0.417 e. The molecular formula is C23H19F3N6O. The molecule has 5 rings (SSSR count). The van der Waals surface area contributed by atoms with Gasteiger partial charge in [-0.2, -0.15) is 13.2 Å². The Labute approximate surface area is 186 Å². The highest BCUT2D eigenvalue weighted by Gasteiger charge is 2.31. The molecular weight excluding hydrogens is 433 g/mol. The number of anilines is 2. The second-order valence-corrected chi connectivity index (χ2v) is 8.02. The summed E-state index contributed by atoms with van der Waals surface area (Å²) >= 11 is 0. The van der Waals surface area contributed by atoms with Gasteiger partial charge in [-0.1, -0.05) is 13.0 Å². The summed E-state index contributed by atoms with van der Waals surface area (Å²) in [4.78, 5) is 27.0. The van der Waals surface area contributed by atoms with Gasteiger partial charge in [0.15, 0.2) is 5.65 Å². The summed E-state index contributed by atoms with van der Waals surface area (Å²) in [5.41, 5.74) is 3.19. The molecule has 10 heteroatoms. The standard InChI is InChI=1S/C23H19F3N6O/c1-14-12-31(13-18-10-29-21-11-27-4-5-32(18)21)20-6-15(2-3-19(14)20)22(33)30-17-7-16(8-28-9-17)23(24,25)26/h2-11,14H,12-13H2,1H3,(H,30,33). The lowest BCUT2D eigenvalue weighted by atomic mass is 10.0. The van der Waals surface area contributed by atoms with Gasteiger partial charge in [0.1, 0.15) is 0 Å². The van der Waals surface area contributed by atoms with Crippen molar-refractivity contribution in [3.05, 3.63) is 83.8 Å². The summed E-state index contributed by atoms with van der Waals surface area (Å²) in [5.74, 6) is -0.232. The smallest absolute Gasteiger partial charge is 0.365 e. The fraction of sp³-hybridized carbons (Fsp3) is 0.217. The second kappa shape index (κ2) is 7.88. The van der Waals surface area contributed by atoms with Crippen LogP contribution in [-0.2, 0) is 12.7 Å². The van der Waals surface area contributed by atoms with Crippen LogP contribution in [0.2, 0.25) is 0 Å². The van der Waals surface area contributed by atoms with Crippen molar-refractivity contribution in [1.82, 2.24) is 19.4 Å². The molecule has 0 bridgehead atoms. The van der Waals surface area contributed by atoms with Crippen LogP contribution in [0.4, 0.5) is 24.5 Å². The minimum Gasteiger partial charge on any atom is -0.365 e. The number of imidazole rings is 1. The third kappa shape index (κ3) is 3.99. The number of pyridine rings is 1. The number of fused-ring (bicyclic) bond motifs is 2. The van der Waals surface area contributed by atoms with Crippen molar-refractivity contribution in [3.8, 4) is 0 Å². The first-order valence-electron chi connectivity index (χ1n) is 10.3. The number of hydrogen-bond donors (Lipinski definition) is 1. The molecule has 0 aliphatic carbocycles. The fourth-order valence-electron chi connectivity index (χ4n) is 4.13. The van der Waals surface area contributed by atoms with E-state index in [1.165, 1.54) is 6.20 Å². The highest BCUT2D eigenvalue weighted by molar-refractivity contribution is 6.05. The number of carbonyl (C=O) groups excluding carboxylic acids is 1. The van der Waals surface area contributed by atoms with Crippen LogP contribution in [0.5, 0.6) is 0 Å². The molecule has 1 N–H and O–H groups in total. The van der Waals surface area contributed by atoms with Crippen LogP contribution < -0.4 is 10.2 Å². The Morgan fingerprint density at radius 3 is 2.82 bits per heavy atom. The maximum absolute atomic E-state index is 12.9. The molecule has 33 heavy (non-hydrogen) atoms. The van der Waals surface area contributed by atoms with Gasteiger partial charge in [-0.3, -0.25) is 19.2 Å². The lowest BCUT2D eigenvalue weighted by Crippen LogP contribution is -2.22. The van der Waals surface area contributed by atoms with E-state index in [1.807, 2.05) is 16.7 Å². The molecule has 0 spiro atoms. The topological polar surface area (TPSA) is 75.4 Å². The highest BCUT2D eigenvalue weighted by Crippen LogP contribution is 2.38. The molecule has 3 aromatic heterocycles. The lowest BCUT2D eigenvalue weighted by Gasteiger charge is -2.20. The molecule has 1 aliphatic heterocycles. The Kier molecular flexibility index (Phi) is 4.99. The van der Waals surface area contributed by atoms with E-state index in [0.29, 0.717) is 12.1 Å². The predicted molar refractivity (Wildman–Crippen MR) is 116 cm³/mol. The van der Waals surface area contributed by atoms with Gasteiger partial charge in [0.05, 0.1) is 42.1 Å². The Morgan fingerprint density at radius 1 is 1.15 bits per heavy atom. The number of nitrogens with zero attached hydrogens (tertiary/aromatic N) is 5. The van der Waals surface area contributed by atoms with Gasteiger partial charge in [-0.05, 0) is 23.8 Å². The average Bonchev–Trinajstić information content (AvgIpc) is 3.34. The SMILES string of the molecule is CC1CN(Cc2cnc3cnccn23)c2cc(C(=O)Nc3cncc(C(F)(F)F)c3)ccc21. The van der Waals surface area contributed by atoms with Gasteiger partial charge in [0, 0.05) is 42.3 Å². The molecule has 0 fully saturated rings. The Hall–Kier alpha value is -3.95. The highest BCUT2D eigenvalue weighted by atomic mass is 19.4. The lowest BCUT2D eigenvalue weighted by molar-refractivity contribution is -0.137. The van der Waals surface area contributed by atoms with E-state index in [1.54, 1.807) is 30.7 Å². The first-order valence-corrected chi connectivity index (χ1v) is 10.3. The van der Waals surface area contributed by atoms with Crippen LogP contribution in [0.25, 0.3) is 5.65 Å². The van der Waals surface area contributed by atoms with Crippen molar-refractivity contribution in [2.24, 2.45) is 0 Å². The van der Waals surface area contributed by atoms with Gasteiger partial charge >= 0.3 is 6.18 Å². The van der Waals surface area contributed by atoms with E-state index >= 15 is 0 Å². The van der Waals surface area contributed by atoms with E-state index < -0.39 is 17.6 Å². The number of alkyl halides is 3. The van der Waals surface area contributed by atoms with Gasteiger partial charge in [0.25, 0.3) is 5.91 Å². The van der Waals surface area contributed by atoms with Gasteiger partial charge in [0.2, 0.25) is 0 Å². The molecule has 0 saturated heterocycles. The maximum Gasteiger partial charge on any atom is 0.417 e. The van der Waals surface area contributed by atoms with Crippen molar-refractivity contribution in [1.29, 1.82) is 0 Å².